The fourth-order valence-corrected chi connectivity index (χ4v) is 4.28. The summed E-state index contributed by atoms with van der Waals surface area (Å²) in [5.41, 5.74) is 4.62. The first-order valence-electron chi connectivity index (χ1n) is 10.6. The summed E-state index contributed by atoms with van der Waals surface area (Å²) in [6.07, 6.45) is 3.39. The number of halogens is 1. The van der Waals surface area contributed by atoms with Crippen LogP contribution in [0.25, 0.3) is 27.9 Å². The zero-order chi connectivity index (χ0) is 23.4. The van der Waals surface area contributed by atoms with Crippen LogP contribution < -0.4 is 10.9 Å². The lowest BCUT2D eigenvalue weighted by atomic mass is 10.00. The molecule has 2 aromatic carbocycles. The third-order valence-electron chi connectivity index (χ3n) is 6.06. The van der Waals surface area contributed by atoms with Crippen molar-refractivity contribution in [2.75, 3.05) is 5.32 Å². The molecule has 0 fully saturated rings. The van der Waals surface area contributed by atoms with Gasteiger partial charge in [0.1, 0.15) is 23.6 Å². The highest BCUT2D eigenvalue weighted by Crippen LogP contribution is 2.32. The molecule has 0 spiro atoms. The summed E-state index contributed by atoms with van der Waals surface area (Å²) in [6, 6.07) is 8.28. The molecule has 0 amide bonds. The predicted octanol–water partition coefficient (Wildman–Crippen LogP) is 3.91. The van der Waals surface area contributed by atoms with E-state index < -0.39 is 0 Å². The number of aryl methyl sites for hydroxylation is 4. The molecule has 0 saturated heterocycles. The number of fused-ring (bicyclic) bond motifs is 3. The number of nitrogens with one attached hydrogen (secondary N) is 1. The summed E-state index contributed by atoms with van der Waals surface area (Å²) >= 11 is 0. The quantitative estimate of drug-likeness (QED) is 0.454. The van der Waals surface area contributed by atoms with Gasteiger partial charge in [-0.25, -0.2) is 14.4 Å². The number of nitrogens with zero attached hydrogens (tertiary/aromatic N) is 6. The molecule has 0 aliphatic carbocycles. The summed E-state index contributed by atoms with van der Waals surface area (Å²) in [5.74, 6) is 0.818. The van der Waals surface area contributed by atoms with Gasteiger partial charge in [-0.2, -0.15) is 5.10 Å². The molecule has 5 rings (SSSR count). The average molecular weight is 446 g/mol. The minimum atomic E-state index is -0.363. The molecule has 0 aliphatic rings. The summed E-state index contributed by atoms with van der Waals surface area (Å²) in [4.78, 5) is 21.8. The Morgan fingerprint density at radius 2 is 1.91 bits per heavy atom. The van der Waals surface area contributed by atoms with E-state index in [-0.39, 0.29) is 17.4 Å². The molecule has 0 bridgehead atoms. The van der Waals surface area contributed by atoms with Crippen LogP contribution in [-0.2, 0) is 14.1 Å². The topological polar surface area (TPSA) is 82.0 Å². The lowest BCUT2D eigenvalue weighted by molar-refractivity contribution is 0.628. The molecule has 168 valence electrons. The number of rotatable bonds is 4. The van der Waals surface area contributed by atoms with Crippen molar-refractivity contribution < 1.29 is 4.39 Å². The van der Waals surface area contributed by atoms with Crippen molar-refractivity contribution >= 4 is 22.2 Å². The first kappa shape index (κ1) is 20.9. The number of hydrogen-bond acceptors (Lipinski definition) is 5. The molecule has 5 aromatic rings. The summed E-state index contributed by atoms with van der Waals surface area (Å²) in [7, 11) is 3.55. The molecular weight excluding hydrogens is 421 g/mol. The first-order valence-corrected chi connectivity index (χ1v) is 10.6. The van der Waals surface area contributed by atoms with Crippen LogP contribution >= 0.6 is 0 Å². The maximum absolute atomic E-state index is 14.1. The second kappa shape index (κ2) is 7.54. The van der Waals surface area contributed by atoms with Crippen molar-refractivity contribution in [1.82, 2.24) is 28.7 Å². The number of hydrogen-bond donors (Lipinski definition) is 1. The van der Waals surface area contributed by atoms with Crippen molar-refractivity contribution in [3.8, 4) is 11.4 Å². The second-order valence-electron chi connectivity index (χ2n) is 8.40. The van der Waals surface area contributed by atoms with Gasteiger partial charge in [0.05, 0.1) is 23.1 Å². The highest BCUT2D eigenvalue weighted by molar-refractivity contribution is 5.86. The molecule has 3 heterocycles. The SMILES string of the molecule is Cc1cc(C(C)Nc2ccc(F)cc2-c2nc(C)n(C)n2)c2c(c1)c(=O)n(C)c1cncn21. The van der Waals surface area contributed by atoms with E-state index in [4.69, 9.17) is 0 Å². The van der Waals surface area contributed by atoms with Gasteiger partial charge in [0.2, 0.25) is 0 Å². The maximum atomic E-state index is 14.1. The number of aromatic nitrogens is 6. The summed E-state index contributed by atoms with van der Waals surface area (Å²) < 4.78 is 19.3. The zero-order valence-corrected chi connectivity index (χ0v) is 19.1. The molecular formula is C24H24FN7O. The molecule has 0 radical (unpaired) electrons. The van der Waals surface area contributed by atoms with Crippen LogP contribution in [0.4, 0.5) is 10.1 Å². The number of benzene rings is 2. The Labute approximate surface area is 189 Å². The van der Waals surface area contributed by atoms with E-state index >= 15 is 0 Å². The second-order valence-corrected chi connectivity index (χ2v) is 8.40. The Morgan fingerprint density at radius 1 is 1.12 bits per heavy atom. The molecule has 1 N–H and O–H groups in total. The molecule has 1 unspecified atom stereocenters. The lowest BCUT2D eigenvalue weighted by Gasteiger charge is -2.21. The Bertz CT molecular complexity index is 1580. The van der Waals surface area contributed by atoms with Gasteiger partial charge in [0.15, 0.2) is 5.82 Å². The number of imidazole rings is 1. The first-order chi connectivity index (χ1) is 15.7. The molecule has 9 heteroatoms. The Kier molecular flexibility index (Phi) is 4.77. The zero-order valence-electron chi connectivity index (χ0n) is 19.1. The van der Waals surface area contributed by atoms with Gasteiger partial charge in [-0.1, -0.05) is 6.07 Å². The van der Waals surface area contributed by atoms with Crippen molar-refractivity contribution in [3.05, 3.63) is 76.0 Å². The minimum absolute atomic E-state index is 0.0780. The van der Waals surface area contributed by atoms with Crippen LogP contribution in [-0.4, -0.2) is 28.7 Å². The van der Waals surface area contributed by atoms with E-state index in [1.807, 2.05) is 31.2 Å². The van der Waals surface area contributed by atoms with Crippen LogP contribution in [0.2, 0.25) is 0 Å². The van der Waals surface area contributed by atoms with Crippen LogP contribution in [0.15, 0.2) is 47.7 Å². The van der Waals surface area contributed by atoms with E-state index in [0.29, 0.717) is 28.1 Å². The fraction of sp³-hybridized carbons (Fsp3) is 0.250. The van der Waals surface area contributed by atoms with Gasteiger partial charge in [-0.15, -0.1) is 0 Å². The third-order valence-corrected chi connectivity index (χ3v) is 6.06. The minimum Gasteiger partial charge on any atom is -0.378 e. The highest BCUT2D eigenvalue weighted by Gasteiger charge is 2.19. The van der Waals surface area contributed by atoms with E-state index in [9.17, 15) is 9.18 Å². The third kappa shape index (κ3) is 3.36. The van der Waals surface area contributed by atoms with Gasteiger partial charge in [0, 0.05) is 25.3 Å². The average Bonchev–Trinajstić information content (AvgIpc) is 3.39. The van der Waals surface area contributed by atoms with E-state index in [0.717, 1.165) is 22.5 Å². The van der Waals surface area contributed by atoms with Crippen LogP contribution in [0.5, 0.6) is 0 Å². The van der Waals surface area contributed by atoms with Crippen molar-refractivity contribution in [2.45, 2.75) is 26.8 Å². The standard InChI is InChI=1S/C24H24FN7O/c1-13-8-17(22-19(9-13)24(33)30(4)21-11-26-12-32(21)22)14(2)27-20-7-6-16(25)10-18(20)23-28-15(3)31(5)29-23/h6-12,14,27H,1-5H3. The van der Waals surface area contributed by atoms with E-state index in [1.54, 1.807) is 41.9 Å². The largest absolute Gasteiger partial charge is 0.378 e. The smallest absolute Gasteiger partial charge is 0.261 e. The van der Waals surface area contributed by atoms with Crippen LogP contribution in [0.1, 0.15) is 29.9 Å². The van der Waals surface area contributed by atoms with E-state index in [2.05, 4.69) is 26.4 Å². The lowest BCUT2D eigenvalue weighted by Crippen LogP contribution is -2.21. The van der Waals surface area contributed by atoms with Crippen LogP contribution in [0.3, 0.4) is 0 Å². The normalized spacial score (nSPS) is 12.5. The Balaban J connectivity index is 1.67. The molecule has 0 saturated carbocycles. The number of anilines is 1. The Morgan fingerprint density at radius 3 is 2.64 bits per heavy atom. The monoisotopic (exact) mass is 445 g/mol. The van der Waals surface area contributed by atoms with Gasteiger partial charge in [0.25, 0.3) is 5.56 Å². The molecule has 0 aliphatic heterocycles. The van der Waals surface area contributed by atoms with Crippen molar-refractivity contribution in [1.29, 1.82) is 0 Å². The van der Waals surface area contributed by atoms with Gasteiger partial charge < -0.3 is 5.32 Å². The molecule has 1 atom stereocenters. The van der Waals surface area contributed by atoms with Gasteiger partial charge >= 0.3 is 0 Å². The molecule has 3 aromatic heterocycles. The molecule has 33 heavy (non-hydrogen) atoms. The van der Waals surface area contributed by atoms with Crippen LogP contribution in [0, 0.1) is 19.7 Å². The maximum Gasteiger partial charge on any atom is 0.261 e. The Hall–Kier alpha value is -4.01. The van der Waals surface area contributed by atoms with Gasteiger partial charge in [-0.3, -0.25) is 18.4 Å². The predicted molar refractivity (Wildman–Crippen MR) is 126 cm³/mol. The van der Waals surface area contributed by atoms with Crippen molar-refractivity contribution in [2.24, 2.45) is 14.1 Å². The summed E-state index contributed by atoms with van der Waals surface area (Å²) in [5, 5.41) is 8.54. The van der Waals surface area contributed by atoms with Crippen molar-refractivity contribution in [3.63, 3.8) is 0 Å². The fourth-order valence-electron chi connectivity index (χ4n) is 4.28. The van der Waals surface area contributed by atoms with E-state index in [1.165, 1.54) is 12.1 Å². The summed E-state index contributed by atoms with van der Waals surface area (Å²) in [6.45, 7) is 5.83. The highest BCUT2D eigenvalue weighted by atomic mass is 19.1. The van der Waals surface area contributed by atoms with Gasteiger partial charge in [-0.05, 0) is 56.2 Å². The molecule has 8 nitrogen and oxygen atoms in total.